The average molecular weight is 256 g/mol. The van der Waals surface area contributed by atoms with E-state index in [1.54, 1.807) is 0 Å². The standard InChI is InChI=1S/C9H9F5N2O/c1-5-2-6(15)3-16-7(5)17-4-8(10,11)9(12,13)14/h2-3H,4,15H2,1H3. The maximum absolute atomic E-state index is 12.5. The molecule has 0 saturated carbocycles. The molecular weight excluding hydrogens is 247 g/mol. The van der Waals surface area contributed by atoms with Gasteiger partial charge in [0.05, 0.1) is 11.9 Å². The van der Waals surface area contributed by atoms with E-state index in [0.717, 1.165) is 6.20 Å². The van der Waals surface area contributed by atoms with Crippen molar-refractivity contribution in [2.75, 3.05) is 12.3 Å². The molecule has 0 amide bonds. The Balaban J connectivity index is 2.74. The molecule has 0 spiro atoms. The predicted molar refractivity (Wildman–Crippen MR) is 49.9 cm³/mol. The monoisotopic (exact) mass is 256 g/mol. The lowest BCUT2D eigenvalue weighted by molar-refractivity contribution is -0.290. The summed E-state index contributed by atoms with van der Waals surface area (Å²) in [4.78, 5) is 3.52. The number of ether oxygens (including phenoxy) is 1. The number of pyridine rings is 1. The summed E-state index contributed by atoms with van der Waals surface area (Å²) >= 11 is 0. The number of rotatable bonds is 3. The first-order chi connectivity index (χ1) is 7.63. The first-order valence-electron chi connectivity index (χ1n) is 4.43. The van der Waals surface area contributed by atoms with Gasteiger partial charge in [-0.05, 0) is 13.0 Å². The number of hydrogen-bond donors (Lipinski definition) is 1. The van der Waals surface area contributed by atoms with Gasteiger partial charge in [-0.25, -0.2) is 4.98 Å². The molecule has 0 bridgehead atoms. The molecule has 0 aliphatic carbocycles. The predicted octanol–water partition coefficient (Wildman–Crippen LogP) is 2.55. The molecule has 0 aromatic carbocycles. The van der Waals surface area contributed by atoms with Gasteiger partial charge in [-0.3, -0.25) is 0 Å². The van der Waals surface area contributed by atoms with Crippen molar-refractivity contribution in [2.45, 2.75) is 19.0 Å². The summed E-state index contributed by atoms with van der Waals surface area (Å²) in [6.45, 7) is -0.376. The minimum absolute atomic E-state index is 0.262. The number of nitrogen functional groups attached to an aromatic ring is 1. The maximum Gasteiger partial charge on any atom is 0.456 e. The zero-order valence-electron chi connectivity index (χ0n) is 8.68. The summed E-state index contributed by atoms with van der Waals surface area (Å²) < 4.78 is 64.9. The minimum Gasteiger partial charge on any atom is -0.471 e. The Morgan fingerprint density at radius 1 is 1.29 bits per heavy atom. The van der Waals surface area contributed by atoms with E-state index in [1.165, 1.54) is 13.0 Å². The van der Waals surface area contributed by atoms with Gasteiger partial charge in [-0.15, -0.1) is 0 Å². The zero-order valence-corrected chi connectivity index (χ0v) is 8.68. The van der Waals surface area contributed by atoms with Gasteiger partial charge in [-0.1, -0.05) is 0 Å². The molecule has 0 saturated heterocycles. The summed E-state index contributed by atoms with van der Waals surface area (Å²) in [6.07, 6.45) is -4.54. The molecule has 1 aromatic rings. The SMILES string of the molecule is Cc1cc(N)cnc1OCC(F)(F)C(F)(F)F. The Bertz CT molecular complexity index is 405. The number of nitrogens with zero attached hydrogens (tertiary/aromatic N) is 1. The van der Waals surface area contributed by atoms with Crippen LogP contribution in [0.5, 0.6) is 5.88 Å². The van der Waals surface area contributed by atoms with Crippen molar-refractivity contribution in [1.29, 1.82) is 0 Å². The number of nitrogens with two attached hydrogens (primary N) is 1. The van der Waals surface area contributed by atoms with Crippen LogP contribution >= 0.6 is 0 Å². The molecule has 0 aliphatic heterocycles. The molecule has 0 aliphatic rings. The van der Waals surface area contributed by atoms with Gasteiger partial charge in [0, 0.05) is 5.56 Å². The number of anilines is 1. The van der Waals surface area contributed by atoms with Gasteiger partial charge < -0.3 is 10.5 Å². The molecule has 0 radical (unpaired) electrons. The molecule has 0 fully saturated rings. The van der Waals surface area contributed by atoms with E-state index in [9.17, 15) is 22.0 Å². The molecule has 1 heterocycles. The van der Waals surface area contributed by atoms with E-state index >= 15 is 0 Å². The Labute approximate surface area is 93.4 Å². The summed E-state index contributed by atoms with van der Waals surface area (Å²) in [7, 11) is 0. The number of alkyl halides is 5. The van der Waals surface area contributed by atoms with Crippen molar-refractivity contribution in [3.63, 3.8) is 0 Å². The molecule has 8 heteroatoms. The average Bonchev–Trinajstić information content (AvgIpc) is 2.14. The molecular formula is C9H9F5N2O. The van der Waals surface area contributed by atoms with Crippen LogP contribution < -0.4 is 10.5 Å². The molecule has 96 valence electrons. The summed E-state index contributed by atoms with van der Waals surface area (Å²) in [5.41, 5.74) is 5.87. The highest BCUT2D eigenvalue weighted by Crippen LogP contribution is 2.35. The fraction of sp³-hybridized carbons (Fsp3) is 0.444. The van der Waals surface area contributed by atoms with Gasteiger partial charge >= 0.3 is 12.1 Å². The maximum atomic E-state index is 12.5. The van der Waals surface area contributed by atoms with E-state index in [2.05, 4.69) is 9.72 Å². The number of hydrogen-bond acceptors (Lipinski definition) is 3. The Morgan fingerprint density at radius 2 is 1.88 bits per heavy atom. The summed E-state index contributed by atoms with van der Waals surface area (Å²) in [5, 5.41) is 0. The molecule has 3 nitrogen and oxygen atoms in total. The van der Waals surface area contributed by atoms with Crippen LogP contribution in [0.3, 0.4) is 0 Å². The van der Waals surface area contributed by atoms with E-state index in [-0.39, 0.29) is 17.1 Å². The van der Waals surface area contributed by atoms with Gasteiger partial charge in [0.25, 0.3) is 0 Å². The highest BCUT2D eigenvalue weighted by Gasteiger charge is 2.58. The van der Waals surface area contributed by atoms with Crippen LogP contribution in [-0.4, -0.2) is 23.7 Å². The lowest BCUT2D eigenvalue weighted by Crippen LogP contribution is -2.41. The van der Waals surface area contributed by atoms with Crippen molar-refractivity contribution >= 4 is 5.69 Å². The number of halogens is 5. The van der Waals surface area contributed by atoms with Crippen molar-refractivity contribution in [2.24, 2.45) is 0 Å². The fourth-order valence-electron chi connectivity index (χ4n) is 0.976. The molecule has 2 N–H and O–H groups in total. The zero-order chi connectivity index (χ0) is 13.3. The summed E-state index contributed by atoms with van der Waals surface area (Å²) in [5.74, 6) is -5.22. The highest BCUT2D eigenvalue weighted by atomic mass is 19.4. The first-order valence-corrected chi connectivity index (χ1v) is 4.43. The van der Waals surface area contributed by atoms with E-state index in [4.69, 9.17) is 5.73 Å². The van der Waals surface area contributed by atoms with Crippen molar-refractivity contribution in [1.82, 2.24) is 4.98 Å². The second-order valence-electron chi connectivity index (χ2n) is 3.38. The van der Waals surface area contributed by atoms with Crippen molar-refractivity contribution in [3.8, 4) is 5.88 Å². The molecule has 17 heavy (non-hydrogen) atoms. The first kappa shape index (κ1) is 13.5. The van der Waals surface area contributed by atoms with E-state index in [1.807, 2.05) is 0 Å². The van der Waals surface area contributed by atoms with Crippen LogP contribution in [0.25, 0.3) is 0 Å². The number of aromatic nitrogens is 1. The lowest BCUT2D eigenvalue weighted by Gasteiger charge is -2.19. The van der Waals surface area contributed by atoms with Crippen molar-refractivity contribution in [3.05, 3.63) is 17.8 Å². The van der Waals surface area contributed by atoms with Crippen molar-refractivity contribution < 1.29 is 26.7 Å². The molecule has 0 atom stereocenters. The molecule has 1 aromatic heterocycles. The second kappa shape index (κ2) is 4.34. The van der Waals surface area contributed by atoms with E-state index < -0.39 is 18.7 Å². The Kier molecular flexibility index (Phi) is 3.44. The minimum atomic E-state index is -5.64. The third kappa shape index (κ3) is 3.18. The third-order valence-corrected chi connectivity index (χ3v) is 1.86. The quantitative estimate of drug-likeness (QED) is 0.845. The van der Waals surface area contributed by atoms with Gasteiger partial charge in [0.15, 0.2) is 6.61 Å². The smallest absolute Gasteiger partial charge is 0.456 e. The van der Waals surface area contributed by atoms with Crippen LogP contribution in [-0.2, 0) is 0 Å². The third-order valence-electron chi connectivity index (χ3n) is 1.86. The van der Waals surface area contributed by atoms with E-state index in [0.29, 0.717) is 0 Å². The van der Waals surface area contributed by atoms with Crippen LogP contribution in [0.4, 0.5) is 27.6 Å². The largest absolute Gasteiger partial charge is 0.471 e. The molecule has 0 unspecified atom stereocenters. The molecule has 1 rings (SSSR count). The van der Waals surface area contributed by atoms with Crippen LogP contribution in [0.1, 0.15) is 5.56 Å². The van der Waals surface area contributed by atoms with Gasteiger partial charge in [0.1, 0.15) is 0 Å². The van der Waals surface area contributed by atoms with Crippen LogP contribution in [0, 0.1) is 6.92 Å². The van der Waals surface area contributed by atoms with Crippen LogP contribution in [0.2, 0.25) is 0 Å². The second-order valence-corrected chi connectivity index (χ2v) is 3.38. The van der Waals surface area contributed by atoms with Gasteiger partial charge in [0.2, 0.25) is 5.88 Å². The van der Waals surface area contributed by atoms with Gasteiger partial charge in [-0.2, -0.15) is 22.0 Å². The number of aryl methyl sites for hydroxylation is 1. The lowest BCUT2D eigenvalue weighted by atomic mass is 10.3. The fourth-order valence-corrected chi connectivity index (χ4v) is 0.976. The highest BCUT2D eigenvalue weighted by molar-refractivity contribution is 5.41. The van der Waals surface area contributed by atoms with Crippen LogP contribution in [0.15, 0.2) is 12.3 Å². The Morgan fingerprint density at radius 3 is 2.35 bits per heavy atom. The Hall–Kier alpha value is -1.60. The topological polar surface area (TPSA) is 48.1 Å². The summed E-state index contributed by atoms with van der Waals surface area (Å²) in [6, 6.07) is 1.36. The normalized spacial score (nSPS) is 12.6.